The third kappa shape index (κ3) is 3.09. The molecule has 0 unspecified atom stereocenters. The van der Waals surface area contributed by atoms with E-state index in [2.05, 4.69) is 29.2 Å². The molecule has 0 aliphatic carbocycles. The Morgan fingerprint density at radius 2 is 1.80 bits per heavy atom. The molecule has 2 aliphatic heterocycles. The highest BCUT2D eigenvalue weighted by Gasteiger charge is 2.47. The number of benzene rings is 2. The average Bonchev–Trinajstić information content (AvgIpc) is 3.14. The highest BCUT2D eigenvalue weighted by molar-refractivity contribution is 5.97. The molecule has 5 rings (SSSR count). The Kier molecular flexibility index (Phi) is 4.81. The minimum Gasteiger partial charge on any atom is -0.356 e. The van der Waals surface area contributed by atoms with Crippen LogP contribution in [0.2, 0.25) is 0 Å². The molecule has 0 spiro atoms. The third-order valence-electron chi connectivity index (χ3n) is 6.50. The number of para-hydroxylation sites is 1. The molecule has 1 saturated heterocycles. The van der Waals surface area contributed by atoms with Crippen LogP contribution in [0.5, 0.6) is 0 Å². The second-order valence-electron chi connectivity index (χ2n) is 8.38. The number of piperazine rings is 1. The third-order valence-corrected chi connectivity index (χ3v) is 6.50. The molecule has 2 aliphatic rings. The average molecular weight is 402 g/mol. The van der Waals surface area contributed by atoms with Gasteiger partial charge in [-0.1, -0.05) is 55.5 Å². The summed E-state index contributed by atoms with van der Waals surface area (Å²) in [5.74, 6) is 0.160. The van der Waals surface area contributed by atoms with Gasteiger partial charge >= 0.3 is 0 Å². The lowest BCUT2D eigenvalue weighted by Gasteiger charge is -2.47. The van der Waals surface area contributed by atoms with E-state index in [9.17, 15) is 9.59 Å². The van der Waals surface area contributed by atoms with Crippen LogP contribution in [-0.2, 0) is 22.4 Å². The van der Waals surface area contributed by atoms with Crippen LogP contribution in [0.25, 0.3) is 10.9 Å². The number of carbonyl (C=O) groups excluding carboxylic acids is 2. The Balaban J connectivity index is 1.56. The molecule has 5 nitrogen and oxygen atoms in total. The van der Waals surface area contributed by atoms with Crippen molar-refractivity contribution in [1.29, 1.82) is 0 Å². The molecule has 0 radical (unpaired) electrons. The highest BCUT2D eigenvalue weighted by atomic mass is 16.2. The number of fused-ring (bicyclic) bond motifs is 4. The Bertz CT molecular complexity index is 1090. The molecule has 2 aromatic carbocycles. The summed E-state index contributed by atoms with van der Waals surface area (Å²) in [5.41, 5.74) is 4.64. The normalized spacial score (nSPS) is 21.1. The van der Waals surface area contributed by atoms with Crippen molar-refractivity contribution in [3.05, 3.63) is 71.4 Å². The van der Waals surface area contributed by atoms with Gasteiger partial charge in [0.1, 0.15) is 6.04 Å². The Morgan fingerprint density at radius 3 is 2.60 bits per heavy atom. The van der Waals surface area contributed by atoms with E-state index in [1.54, 1.807) is 4.90 Å². The Hall–Kier alpha value is -3.08. The fraction of sp³-hybridized carbons (Fsp3) is 0.360. The maximum atomic E-state index is 13.3. The summed E-state index contributed by atoms with van der Waals surface area (Å²) < 4.78 is 0. The van der Waals surface area contributed by atoms with Crippen LogP contribution in [0, 0.1) is 0 Å². The van der Waals surface area contributed by atoms with E-state index in [1.807, 2.05) is 42.2 Å². The van der Waals surface area contributed by atoms with Crippen LogP contribution in [-0.4, -0.2) is 45.7 Å². The van der Waals surface area contributed by atoms with Gasteiger partial charge in [-0.25, -0.2) is 0 Å². The molecule has 0 saturated carbocycles. The van der Waals surface area contributed by atoms with E-state index in [0.29, 0.717) is 13.0 Å². The van der Waals surface area contributed by atoms with E-state index in [-0.39, 0.29) is 24.4 Å². The molecule has 154 valence electrons. The molecule has 1 fully saturated rings. The summed E-state index contributed by atoms with van der Waals surface area (Å²) in [6.07, 6.45) is 3.12. The van der Waals surface area contributed by atoms with E-state index < -0.39 is 6.04 Å². The molecule has 2 atom stereocenters. The van der Waals surface area contributed by atoms with Gasteiger partial charge in [0.05, 0.1) is 12.6 Å². The van der Waals surface area contributed by atoms with Crippen molar-refractivity contribution in [1.82, 2.24) is 14.8 Å². The highest BCUT2D eigenvalue weighted by Crippen LogP contribution is 2.41. The largest absolute Gasteiger partial charge is 0.356 e. The fourth-order valence-corrected chi connectivity index (χ4v) is 5.15. The van der Waals surface area contributed by atoms with Crippen LogP contribution < -0.4 is 0 Å². The molecule has 3 aromatic rings. The van der Waals surface area contributed by atoms with Crippen molar-refractivity contribution in [3.8, 4) is 0 Å². The predicted molar refractivity (Wildman–Crippen MR) is 117 cm³/mol. The first-order valence-corrected chi connectivity index (χ1v) is 10.9. The number of aryl methyl sites for hydroxylation is 1. The summed E-state index contributed by atoms with van der Waals surface area (Å²) in [6.45, 7) is 2.89. The van der Waals surface area contributed by atoms with Crippen molar-refractivity contribution in [2.75, 3.05) is 13.1 Å². The number of hydrogen-bond acceptors (Lipinski definition) is 2. The minimum atomic E-state index is -0.398. The minimum absolute atomic E-state index is 0.0652. The molecule has 30 heavy (non-hydrogen) atoms. The summed E-state index contributed by atoms with van der Waals surface area (Å²) in [4.78, 5) is 33.7. The number of aromatic amines is 1. The van der Waals surface area contributed by atoms with Crippen LogP contribution in [0.3, 0.4) is 0 Å². The van der Waals surface area contributed by atoms with E-state index in [1.165, 1.54) is 16.5 Å². The number of rotatable bonds is 5. The SMILES string of the molecule is CCCN1CC(=O)N2[C@@H](Cc3c([nH]c4ccccc34)[C@@H]2CCc2ccccc2)C1=O. The number of nitrogens with zero attached hydrogens (tertiary/aromatic N) is 2. The molecule has 0 bridgehead atoms. The number of H-pyrrole nitrogens is 1. The molecular formula is C25H27N3O2. The van der Waals surface area contributed by atoms with Crippen LogP contribution >= 0.6 is 0 Å². The first-order chi connectivity index (χ1) is 14.7. The Morgan fingerprint density at radius 1 is 1.03 bits per heavy atom. The van der Waals surface area contributed by atoms with Gasteiger partial charge in [-0.2, -0.15) is 0 Å². The molecule has 2 amide bonds. The molecule has 3 heterocycles. The first kappa shape index (κ1) is 18.9. The number of nitrogens with one attached hydrogen (secondary N) is 1. The topological polar surface area (TPSA) is 56.4 Å². The van der Waals surface area contributed by atoms with Gasteiger partial charge in [-0.15, -0.1) is 0 Å². The number of aromatic nitrogens is 1. The van der Waals surface area contributed by atoms with Gasteiger partial charge in [-0.3, -0.25) is 9.59 Å². The molecule has 5 heteroatoms. The van der Waals surface area contributed by atoms with Gasteiger partial charge in [0, 0.05) is 29.6 Å². The van der Waals surface area contributed by atoms with Crippen molar-refractivity contribution in [3.63, 3.8) is 0 Å². The second-order valence-corrected chi connectivity index (χ2v) is 8.38. The predicted octanol–water partition coefficient (Wildman–Crippen LogP) is 3.85. The standard InChI is InChI=1S/C25H27N3O2/c1-2-14-27-16-23(29)28-21(13-12-17-8-4-3-5-9-17)24-19(15-22(28)25(27)30)18-10-6-7-11-20(18)26-24/h3-11,21-22,26H,2,12-16H2,1H3/t21-,22-/m0/s1. The van der Waals surface area contributed by atoms with E-state index in [4.69, 9.17) is 0 Å². The maximum absolute atomic E-state index is 13.3. The van der Waals surface area contributed by atoms with Gasteiger partial charge < -0.3 is 14.8 Å². The summed E-state index contributed by atoms with van der Waals surface area (Å²) >= 11 is 0. The van der Waals surface area contributed by atoms with Crippen molar-refractivity contribution in [2.45, 2.75) is 44.7 Å². The van der Waals surface area contributed by atoms with Crippen molar-refractivity contribution < 1.29 is 9.59 Å². The zero-order valence-electron chi connectivity index (χ0n) is 17.3. The molecule has 1 aromatic heterocycles. The zero-order valence-corrected chi connectivity index (χ0v) is 17.3. The quantitative estimate of drug-likeness (QED) is 0.706. The van der Waals surface area contributed by atoms with E-state index >= 15 is 0 Å². The zero-order chi connectivity index (χ0) is 20.7. The molecule has 1 N–H and O–H groups in total. The number of amides is 2. The van der Waals surface area contributed by atoms with Gasteiger partial charge in [-0.05, 0) is 36.5 Å². The smallest absolute Gasteiger partial charge is 0.246 e. The lowest BCUT2D eigenvalue weighted by atomic mass is 9.86. The summed E-state index contributed by atoms with van der Waals surface area (Å²) in [5, 5.41) is 1.17. The lowest BCUT2D eigenvalue weighted by Crippen LogP contribution is -2.62. The molecular weight excluding hydrogens is 374 g/mol. The van der Waals surface area contributed by atoms with Gasteiger partial charge in [0.2, 0.25) is 11.8 Å². The van der Waals surface area contributed by atoms with Crippen LogP contribution in [0.4, 0.5) is 0 Å². The second kappa shape index (κ2) is 7.63. The van der Waals surface area contributed by atoms with Crippen LogP contribution in [0.1, 0.15) is 42.6 Å². The van der Waals surface area contributed by atoms with Crippen molar-refractivity contribution in [2.24, 2.45) is 0 Å². The van der Waals surface area contributed by atoms with Crippen molar-refractivity contribution >= 4 is 22.7 Å². The maximum Gasteiger partial charge on any atom is 0.246 e. The first-order valence-electron chi connectivity index (χ1n) is 10.9. The number of carbonyl (C=O) groups is 2. The fourth-order valence-electron chi connectivity index (χ4n) is 5.15. The Labute approximate surface area is 176 Å². The van der Waals surface area contributed by atoms with Gasteiger partial charge in [0.15, 0.2) is 0 Å². The van der Waals surface area contributed by atoms with Gasteiger partial charge in [0.25, 0.3) is 0 Å². The van der Waals surface area contributed by atoms with Crippen LogP contribution in [0.15, 0.2) is 54.6 Å². The van der Waals surface area contributed by atoms with E-state index in [0.717, 1.165) is 30.5 Å². The number of hydrogen-bond donors (Lipinski definition) is 1. The summed E-state index contributed by atoms with van der Waals surface area (Å²) in [7, 11) is 0. The summed E-state index contributed by atoms with van der Waals surface area (Å²) in [6, 6.07) is 18.1. The monoisotopic (exact) mass is 401 g/mol. The lowest BCUT2D eigenvalue weighted by molar-refractivity contribution is -0.159.